The number of nitrogens with two attached hydrogens (primary N) is 1. The molecule has 0 saturated heterocycles. The lowest BCUT2D eigenvalue weighted by molar-refractivity contribution is 0.157. The summed E-state index contributed by atoms with van der Waals surface area (Å²) in [5.41, 5.74) is 7.64. The van der Waals surface area contributed by atoms with Gasteiger partial charge in [0.2, 0.25) is 10.0 Å². The van der Waals surface area contributed by atoms with E-state index in [1.54, 1.807) is 27.0 Å². The van der Waals surface area contributed by atoms with Crippen LogP contribution in [0.1, 0.15) is 25.0 Å². The van der Waals surface area contributed by atoms with Crippen LogP contribution in [-0.4, -0.2) is 28.2 Å². The van der Waals surface area contributed by atoms with E-state index in [0.717, 1.165) is 5.56 Å². The third-order valence-corrected chi connectivity index (χ3v) is 5.03. The number of hydrogen-bond donors (Lipinski definition) is 2. The van der Waals surface area contributed by atoms with Crippen LogP contribution in [0, 0.1) is 19.8 Å². The van der Waals surface area contributed by atoms with Crippen molar-refractivity contribution in [1.82, 2.24) is 4.72 Å². The second-order valence-electron chi connectivity index (χ2n) is 5.37. The van der Waals surface area contributed by atoms with Gasteiger partial charge >= 0.3 is 0 Å². The Bertz CT molecular complexity index is 568. The summed E-state index contributed by atoms with van der Waals surface area (Å²) >= 11 is 0. The van der Waals surface area contributed by atoms with Crippen molar-refractivity contribution >= 4 is 15.7 Å². The van der Waals surface area contributed by atoms with Crippen molar-refractivity contribution in [3.63, 3.8) is 0 Å². The molecule has 20 heavy (non-hydrogen) atoms. The molecule has 0 fully saturated rings. The van der Waals surface area contributed by atoms with E-state index in [-0.39, 0.29) is 16.9 Å². The Labute approximate surface area is 121 Å². The highest BCUT2D eigenvalue weighted by Gasteiger charge is 2.26. The molecule has 0 saturated carbocycles. The Morgan fingerprint density at radius 2 is 1.80 bits per heavy atom. The van der Waals surface area contributed by atoms with Crippen molar-refractivity contribution in [1.29, 1.82) is 0 Å². The third-order valence-electron chi connectivity index (χ3n) is 3.34. The smallest absolute Gasteiger partial charge is 0.243 e. The summed E-state index contributed by atoms with van der Waals surface area (Å²) in [5.74, 6) is 0.121. The Morgan fingerprint density at radius 3 is 2.30 bits per heavy atom. The maximum Gasteiger partial charge on any atom is 0.243 e. The van der Waals surface area contributed by atoms with Crippen LogP contribution in [0.15, 0.2) is 17.0 Å². The van der Waals surface area contributed by atoms with Gasteiger partial charge in [-0.1, -0.05) is 26.0 Å². The Morgan fingerprint density at radius 1 is 1.25 bits per heavy atom. The zero-order chi connectivity index (χ0) is 15.5. The number of nitrogen functional groups attached to an aromatic ring is 1. The number of hydrogen-bond acceptors (Lipinski definition) is 4. The highest BCUT2D eigenvalue weighted by Crippen LogP contribution is 2.26. The van der Waals surface area contributed by atoms with Crippen LogP contribution in [0.5, 0.6) is 0 Å². The molecule has 5 nitrogen and oxygen atoms in total. The number of rotatable bonds is 6. The Balaban J connectivity index is 3.21. The first-order valence-electron chi connectivity index (χ1n) is 6.57. The highest BCUT2D eigenvalue weighted by atomic mass is 32.2. The van der Waals surface area contributed by atoms with Crippen LogP contribution in [0.2, 0.25) is 0 Å². The molecule has 6 heteroatoms. The number of sulfonamides is 1. The van der Waals surface area contributed by atoms with Crippen LogP contribution < -0.4 is 10.5 Å². The summed E-state index contributed by atoms with van der Waals surface area (Å²) < 4.78 is 32.9. The molecule has 114 valence electrons. The molecule has 0 spiro atoms. The average molecular weight is 300 g/mol. The van der Waals surface area contributed by atoms with Gasteiger partial charge in [-0.3, -0.25) is 0 Å². The minimum absolute atomic E-state index is 0.121. The van der Waals surface area contributed by atoms with Gasteiger partial charge in [0, 0.05) is 13.2 Å². The van der Waals surface area contributed by atoms with E-state index in [1.807, 2.05) is 19.9 Å². The summed E-state index contributed by atoms with van der Waals surface area (Å²) in [6, 6.07) is 3.30. The number of aryl methyl sites for hydroxylation is 2. The molecule has 3 N–H and O–H groups in total. The van der Waals surface area contributed by atoms with Gasteiger partial charge in [-0.05, 0) is 30.9 Å². The number of nitrogens with one attached hydrogen (secondary N) is 1. The first-order valence-corrected chi connectivity index (χ1v) is 8.06. The molecule has 1 unspecified atom stereocenters. The molecule has 0 aliphatic rings. The summed E-state index contributed by atoms with van der Waals surface area (Å²) in [5, 5.41) is 0. The third kappa shape index (κ3) is 3.71. The van der Waals surface area contributed by atoms with Gasteiger partial charge in [0.1, 0.15) is 4.90 Å². The largest absolute Gasteiger partial charge is 0.397 e. The van der Waals surface area contributed by atoms with E-state index >= 15 is 0 Å². The molecule has 1 atom stereocenters. The summed E-state index contributed by atoms with van der Waals surface area (Å²) in [7, 11) is -2.11. The molecular weight excluding hydrogens is 276 g/mol. The van der Waals surface area contributed by atoms with Crippen molar-refractivity contribution in [3.05, 3.63) is 23.3 Å². The standard InChI is InChI=1S/C14H24N2O3S/c1-9(2)12(8-19-5)16-20(17,18)14-11(4)7-6-10(3)13(14)15/h6-7,9,12,16H,8,15H2,1-5H3. The molecule has 0 heterocycles. The summed E-state index contributed by atoms with van der Waals surface area (Å²) in [6.45, 7) is 7.74. The molecule has 1 aromatic rings. The monoisotopic (exact) mass is 300 g/mol. The van der Waals surface area contributed by atoms with E-state index in [9.17, 15) is 8.42 Å². The fourth-order valence-corrected chi connectivity index (χ4v) is 3.76. The van der Waals surface area contributed by atoms with Crippen molar-refractivity contribution < 1.29 is 13.2 Å². The zero-order valence-corrected chi connectivity index (χ0v) is 13.5. The van der Waals surface area contributed by atoms with Gasteiger partial charge in [-0.15, -0.1) is 0 Å². The van der Waals surface area contributed by atoms with Gasteiger partial charge in [-0.25, -0.2) is 13.1 Å². The minimum atomic E-state index is -3.67. The maximum absolute atomic E-state index is 12.6. The van der Waals surface area contributed by atoms with Crippen LogP contribution >= 0.6 is 0 Å². The fourth-order valence-electron chi connectivity index (χ4n) is 1.96. The number of ether oxygens (including phenoxy) is 1. The predicted octanol–water partition coefficient (Wildman–Crippen LogP) is 1.83. The molecular formula is C14H24N2O3S. The SMILES string of the molecule is COCC(NS(=O)(=O)c1c(C)ccc(C)c1N)C(C)C. The van der Waals surface area contributed by atoms with Crippen LogP contribution in [0.25, 0.3) is 0 Å². The second-order valence-corrected chi connectivity index (χ2v) is 7.02. The van der Waals surface area contributed by atoms with Gasteiger partial charge in [-0.2, -0.15) is 0 Å². The lowest BCUT2D eigenvalue weighted by atomic mass is 10.1. The molecule has 0 amide bonds. The quantitative estimate of drug-likeness (QED) is 0.785. The van der Waals surface area contributed by atoms with Crippen LogP contribution in [0.3, 0.4) is 0 Å². The first-order chi connectivity index (χ1) is 9.20. The molecule has 0 bridgehead atoms. The van der Waals surface area contributed by atoms with Crippen molar-refractivity contribution in [3.8, 4) is 0 Å². The molecule has 1 rings (SSSR count). The summed E-state index contributed by atoms with van der Waals surface area (Å²) in [6.07, 6.45) is 0. The van der Waals surface area contributed by atoms with E-state index < -0.39 is 10.0 Å². The van der Waals surface area contributed by atoms with Crippen molar-refractivity contribution in [2.75, 3.05) is 19.5 Å². The Kier molecular flexibility index (Phi) is 5.56. The lowest BCUT2D eigenvalue weighted by Crippen LogP contribution is -2.42. The number of benzene rings is 1. The molecule has 0 radical (unpaired) electrons. The second kappa shape index (κ2) is 6.56. The van der Waals surface area contributed by atoms with E-state index in [4.69, 9.17) is 10.5 Å². The maximum atomic E-state index is 12.6. The van der Waals surface area contributed by atoms with Crippen molar-refractivity contribution in [2.45, 2.75) is 38.6 Å². The number of methoxy groups -OCH3 is 1. The van der Waals surface area contributed by atoms with Gasteiger partial charge < -0.3 is 10.5 Å². The van der Waals surface area contributed by atoms with Gasteiger partial charge in [0.25, 0.3) is 0 Å². The van der Waals surface area contributed by atoms with Crippen molar-refractivity contribution in [2.24, 2.45) is 5.92 Å². The molecule has 0 aliphatic heterocycles. The topological polar surface area (TPSA) is 81.4 Å². The average Bonchev–Trinajstić information content (AvgIpc) is 2.33. The van der Waals surface area contributed by atoms with Gasteiger partial charge in [0.15, 0.2) is 0 Å². The zero-order valence-electron chi connectivity index (χ0n) is 12.7. The van der Waals surface area contributed by atoms with E-state index in [2.05, 4.69) is 4.72 Å². The van der Waals surface area contributed by atoms with Crippen LogP contribution in [-0.2, 0) is 14.8 Å². The molecule has 1 aromatic carbocycles. The number of anilines is 1. The van der Waals surface area contributed by atoms with E-state index in [0.29, 0.717) is 17.9 Å². The molecule has 0 aromatic heterocycles. The Hall–Kier alpha value is -1.11. The predicted molar refractivity (Wildman–Crippen MR) is 81.2 cm³/mol. The van der Waals surface area contributed by atoms with E-state index in [1.165, 1.54) is 0 Å². The summed E-state index contributed by atoms with van der Waals surface area (Å²) in [4.78, 5) is 0.166. The lowest BCUT2D eigenvalue weighted by Gasteiger charge is -2.23. The normalized spacial score (nSPS) is 13.7. The van der Waals surface area contributed by atoms with Crippen LogP contribution in [0.4, 0.5) is 5.69 Å². The highest BCUT2D eigenvalue weighted by molar-refractivity contribution is 7.89. The molecule has 0 aliphatic carbocycles. The van der Waals surface area contributed by atoms with Gasteiger partial charge in [0.05, 0.1) is 12.3 Å². The fraction of sp³-hybridized carbons (Fsp3) is 0.571. The minimum Gasteiger partial charge on any atom is -0.397 e. The first kappa shape index (κ1) is 16.9.